The summed E-state index contributed by atoms with van der Waals surface area (Å²) < 4.78 is 12.3. The molecule has 0 aromatic rings. The second-order valence-electron chi connectivity index (χ2n) is 4.60. The maximum absolute atomic E-state index is 6.13. The predicted molar refractivity (Wildman–Crippen MR) is 76.4 cm³/mol. The van der Waals surface area contributed by atoms with Crippen molar-refractivity contribution in [2.45, 2.75) is 65.0 Å². The quantitative estimate of drug-likeness (QED) is 0.432. The summed E-state index contributed by atoms with van der Waals surface area (Å²) in [5.74, 6) is 0. The minimum atomic E-state index is -2.00. The molecule has 0 atom stereocenters. The first-order valence-corrected chi connectivity index (χ1v) is 9.45. The first-order valence-electron chi connectivity index (χ1n) is 7.22. The Morgan fingerprint density at radius 2 is 1.35 bits per heavy atom. The average molecular weight is 261 g/mol. The molecule has 17 heavy (non-hydrogen) atoms. The summed E-state index contributed by atoms with van der Waals surface area (Å²) in [7, 11) is -2.00. The van der Waals surface area contributed by atoms with Crippen LogP contribution in [0, 0.1) is 0 Å². The Kier molecular flexibility index (Phi) is 11.3. The summed E-state index contributed by atoms with van der Waals surface area (Å²) in [5.41, 5.74) is 5.73. The molecule has 0 aromatic heterocycles. The third-order valence-corrected chi connectivity index (χ3v) is 6.65. The minimum absolute atomic E-state index is 0.685. The SMILES string of the molecule is CCCCO[Si](CCC)(CCN)OCCCC. The van der Waals surface area contributed by atoms with E-state index in [0.29, 0.717) is 6.54 Å². The van der Waals surface area contributed by atoms with Crippen LogP contribution in [0.5, 0.6) is 0 Å². The molecular weight excluding hydrogens is 230 g/mol. The molecule has 0 amide bonds. The van der Waals surface area contributed by atoms with Crippen molar-refractivity contribution in [1.82, 2.24) is 0 Å². The molecule has 0 aromatic carbocycles. The topological polar surface area (TPSA) is 44.5 Å². The van der Waals surface area contributed by atoms with Crippen molar-refractivity contribution in [3.05, 3.63) is 0 Å². The van der Waals surface area contributed by atoms with Gasteiger partial charge in [-0.3, -0.25) is 0 Å². The van der Waals surface area contributed by atoms with Gasteiger partial charge in [0.2, 0.25) is 0 Å². The van der Waals surface area contributed by atoms with Gasteiger partial charge in [0.25, 0.3) is 0 Å². The molecule has 0 unspecified atom stereocenters. The van der Waals surface area contributed by atoms with E-state index in [2.05, 4.69) is 20.8 Å². The van der Waals surface area contributed by atoms with Gasteiger partial charge < -0.3 is 14.6 Å². The van der Waals surface area contributed by atoms with Crippen LogP contribution in [0.2, 0.25) is 12.1 Å². The van der Waals surface area contributed by atoms with Gasteiger partial charge in [0.1, 0.15) is 0 Å². The molecule has 104 valence electrons. The Balaban J connectivity index is 4.25. The van der Waals surface area contributed by atoms with Crippen molar-refractivity contribution in [2.75, 3.05) is 19.8 Å². The number of hydrogen-bond acceptors (Lipinski definition) is 3. The lowest BCUT2D eigenvalue weighted by atomic mass is 10.4. The average Bonchev–Trinajstić information content (AvgIpc) is 2.30. The molecule has 0 aliphatic carbocycles. The first kappa shape index (κ1) is 17.1. The smallest absolute Gasteiger partial charge is 0.339 e. The second kappa shape index (κ2) is 11.2. The van der Waals surface area contributed by atoms with Crippen LogP contribution >= 0.6 is 0 Å². The highest BCUT2D eigenvalue weighted by Gasteiger charge is 2.35. The van der Waals surface area contributed by atoms with Crippen molar-refractivity contribution in [2.24, 2.45) is 5.73 Å². The Morgan fingerprint density at radius 3 is 1.71 bits per heavy atom. The zero-order valence-electron chi connectivity index (χ0n) is 12.0. The van der Waals surface area contributed by atoms with E-state index >= 15 is 0 Å². The monoisotopic (exact) mass is 261 g/mol. The van der Waals surface area contributed by atoms with Crippen molar-refractivity contribution >= 4 is 8.56 Å². The molecule has 3 nitrogen and oxygen atoms in total. The van der Waals surface area contributed by atoms with Gasteiger partial charge in [0, 0.05) is 19.3 Å². The number of rotatable bonds is 12. The summed E-state index contributed by atoms with van der Waals surface area (Å²) in [6, 6.07) is 2.02. The molecule has 0 aliphatic heterocycles. The van der Waals surface area contributed by atoms with E-state index in [1.165, 1.54) is 12.8 Å². The number of unbranched alkanes of at least 4 members (excludes halogenated alkanes) is 2. The van der Waals surface area contributed by atoms with Crippen LogP contribution in [-0.4, -0.2) is 28.3 Å². The van der Waals surface area contributed by atoms with E-state index in [1.54, 1.807) is 0 Å². The van der Waals surface area contributed by atoms with Crippen LogP contribution in [0.4, 0.5) is 0 Å². The second-order valence-corrected chi connectivity index (χ2v) is 8.00. The van der Waals surface area contributed by atoms with Gasteiger partial charge in [0.05, 0.1) is 0 Å². The molecule has 2 N–H and O–H groups in total. The summed E-state index contributed by atoms with van der Waals surface area (Å²) >= 11 is 0. The molecule has 0 saturated carbocycles. The summed E-state index contributed by atoms with van der Waals surface area (Å²) in [4.78, 5) is 0. The summed E-state index contributed by atoms with van der Waals surface area (Å²) in [6.07, 6.45) is 5.73. The van der Waals surface area contributed by atoms with Crippen molar-refractivity contribution < 1.29 is 8.85 Å². The number of nitrogens with two attached hydrogens (primary N) is 1. The fraction of sp³-hybridized carbons (Fsp3) is 1.00. The molecule has 0 fully saturated rings. The van der Waals surface area contributed by atoms with Crippen LogP contribution in [-0.2, 0) is 8.85 Å². The molecule has 0 rings (SSSR count). The highest BCUT2D eigenvalue weighted by Crippen LogP contribution is 2.21. The standard InChI is InChI=1S/C13H31NO2Si/c1-4-7-10-15-17(12-6-3,13-9-14)16-11-8-5-2/h4-14H2,1-3H3. The summed E-state index contributed by atoms with van der Waals surface area (Å²) in [5, 5.41) is 0. The Labute approximate surface area is 108 Å². The van der Waals surface area contributed by atoms with Crippen molar-refractivity contribution in [3.8, 4) is 0 Å². The fourth-order valence-corrected chi connectivity index (χ4v) is 5.01. The van der Waals surface area contributed by atoms with Gasteiger partial charge in [0.15, 0.2) is 0 Å². The van der Waals surface area contributed by atoms with Crippen LogP contribution in [0.15, 0.2) is 0 Å². The van der Waals surface area contributed by atoms with Crippen LogP contribution < -0.4 is 5.73 Å². The summed E-state index contributed by atoms with van der Waals surface area (Å²) in [6.45, 7) is 8.94. The maximum atomic E-state index is 6.13. The van der Waals surface area contributed by atoms with E-state index in [1.807, 2.05) is 0 Å². The number of hydrogen-bond donors (Lipinski definition) is 1. The maximum Gasteiger partial charge on any atom is 0.339 e. The van der Waals surface area contributed by atoms with E-state index in [9.17, 15) is 0 Å². The van der Waals surface area contributed by atoms with Gasteiger partial charge in [-0.05, 0) is 25.4 Å². The van der Waals surface area contributed by atoms with E-state index in [4.69, 9.17) is 14.6 Å². The highest BCUT2D eigenvalue weighted by atomic mass is 28.4. The fourth-order valence-electron chi connectivity index (χ4n) is 1.86. The zero-order chi connectivity index (χ0) is 13.0. The van der Waals surface area contributed by atoms with Gasteiger partial charge in [-0.1, -0.05) is 40.0 Å². The predicted octanol–water partition coefficient (Wildman–Crippen LogP) is 3.43. The molecule has 0 heterocycles. The van der Waals surface area contributed by atoms with Gasteiger partial charge in [-0.25, -0.2) is 0 Å². The molecule has 0 radical (unpaired) electrons. The first-order chi connectivity index (χ1) is 8.24. The lowest BCUT2D eigenvalue weighted by Gasteiger charge is -2.30. The lowest BCUT2D eigenvalue weighted by molar-refractivity contribution is 0.163. The normalized spacial score (nSPS) is 12.0. The Morgan fingerprint density at radius 1 is 0.824 bits per heavy atom. The third-order valence-electron chi connectivity index (χ3n) is 2.88. The Hall–Kier alpha value is 0.0969. The lowest BCUT2D eigenvalue weighted by Crippen LogP contribution is -2.44. The van der Waals surface area contributed by atoms with E-state index in [0.717, 1.165) is 44.6 Å². The van der Waals surface area contributed by atoms with E-state index in [-0.39, 0.29) is 0 Å². The molecule has 0 aliphatic rings. The molecule has 4 heteroatoms. The Bertz CT molecular complexity index is 149. The largest absolute Gasteiger partial charge is 0.394 e. The molecule has 0 bridgehead atoms. The molecule has 0 spiro atoms. The highest BCUT2D eigenvalue weighted by molar-refractivity contribution is 6.67. The molecular formula is C13H31NO2Si. The van der Waals surface area contributed by atoms with Crippen molar-refractivity contribution in [3.63, 3.8) is 0 Å². The van der Waals surface area contributed by atoms with Crippen LogP contribution in [0.3, 0.4) is 0 Å². The van der Waals surface area contributed by atoms with Gasteiger partial charge >= 0.3 is 8.56 Å². The zero-order valence-corrected chi connectivity index (χ0v) is 13.0. The van der Waals surface area contributed by atoms with Crippen molar-refractivity contribution in [1.29, 1.82) is 0 Å². The van der Waals surface area contributed by atoms with Crippen LogP contribution in [0.25, 0.3) is 0 Å². The van der Waals surface area contributed by atoms with Crippen LogP contribution in [0.1, 0.15) is 52.9 Å². The third kappa shape index (κ3) is 7.92. The van der Waals surface area contributed by atoms with Gasteiger partial charge in [-0.2, -0.15) is 0 Å². The van der Waals surface area contributed by atoms with Gasteiger partial charge in [-0.15, -0.1) is 0 Å². The molecule has 0 saturated heterocycles. The minimum Gasteiger partial charge on any atom is -0.394 e. The van der Waals surface area contributed by atoms with E-state index < -0.39 is 8.56 Å².